The van der Waals surface area contributed by atoms with Crippen LogP contribution in [0.15, 0.2) is 71.0 Å². The van der Waals surface area contributed by atoms with Crippen LogP contribution in [0.5, 0.6) is 5.75 Å². The molecular formula is C29H23F4N9O3. The number of azo groups is 1. The molecule has 3 aromatic rings. The zero-order valence-corrected chi connectivity index (χ0v) is 23.4. The van der Waals surface area contributed by atoms with Crippen molar-refractivity contribution in [3.05, 3.63) is 89.0 Å². The molecule has 3 aliphatic rings. The van der Waals surface area contributed by atoms with Crippen molar-refractivity contribution in [3.63, 3.8) is 0 Å². The van der Waals surface area contributed by atoms with Crippen LogP contribution in [0.1, 0.15) is 33.1 Å². The molecule has 2 aromatic heterocycles. The molecule has 230 valence electrons. The molecule has 2 unspecified atom stereocenters. The second kappa shape index (κ2) is 11.9. The summed E-state index contributed by atoms with van der Waals surface area (Å²) in [6.45, 7) is 1.09. The zero-order valence-electron chi connectivity index (χ0n) is 23.4. The average molecular weight is 622 g/mol. The van der Waals surface area contributed by atoms with Gasteiger partial charge >= 0.3 is 6.18 Å². The van der Waals surface area contributed by atoms with E-state index in [1.807, 2.05) is 11.0 Å². The second-order valence-corrected chi connectivity index (χ2v) is 10.4. The van der Waals surface area contributed by atoms with Gasteiger partial charge in [-0.05, 0) is 17.2 Å². The summed E-state index contributed by atoms with van der Waals surface area (Å²) in [5, 5.41) is 15.5. The lowest BCUT2D eigenvalue weighted by atomic mass is 10.0. The first-order chi connectivity index (χ1) is 21.6. The minimum atomic E-state index is -4.89. The van der Waals surface area contributed by atoms with Crippen LogP contribution >= 0.6 is 0 Å². The monoisotopic (exact) mass is 621 g/mol. The van der Waals surface area contributed by atoms with Gasteiger partial charge in [-0.3, -0.25) is 9.59 Å². The first kappa shape index (κ1) is 29.6. The molecule has 2 amide bonds. The summed E-state index contributed by atoms with van der Waals surface area (Å²) in [4.78, 5) is 42.1. The number of carbonyl (C=O) groups excluding carboxylic acids is 2. The Kier molecular flexibility index (Phi) is 7.83. The quantitative estimate of drug-likeness (QED) is 0.297. The highest BCUT2D eigenvalue weighted by Gasteiger charge is 2.52. The molecule has 0 bridgehead atoms. The van der Waals surface area contributed by atoms with Crippen LogP contribution in [-0.2, 0) is 11.3 Å². The maximum Gasteiger partial charge on any atom is 0.406 e. The number of halogens is 4. The van der Waals surface area contributed by atoms with E-state index in [0.717, 1.165) is 18.0 Å². The van der Waals surface area contributed by atoms with Gasteiger partial charge in [-0.2, -0.15) is 27.9 Å². The number of nitriles is 1. The molecule has 0 spiro atoms. The lowest BCUT2D eigenvalue weighted by molar-refractivity contribution is -0.178. The van der Waals surface area contributed by atoms with Gasteiger partial charge < -0.3 is 19.4 Å². The van der Waals surface area contributed by atoms with Crippen molar-refractivity contribution in [1.29, 1.82) is 5.26 Å². The third kappa shape index (κ3) is 5.88. The van der Waals surface area contributed by atoms with Gasteiger partial charge in [0.25, 0.3) is 11.8 Å². The molecule has 6 rings (SSSR count). The average Bonchev–Trinajstić information content (AvgIpc) is 3.42. The molecule has 1 saturated heterocycles. The highest BCUT2D eigenvalue weighted by molar-refractivity contribution is 5.94. The predicted octanol–water partition coefficient (Wildman–Crippen LogP) is 3.79. The van der Waals surface area contributed by atoms with Crippen molar-refractivity contribution in [1.82, 2.24) is 24.8 Å². The molecule has 5 heterocycles. The van der Waals surface area contributed by atoms with E-state index in [2.05, 4.69) is 25.2 Å². The fraction of sp³-hybridized carbons (Fsp3) is 0.310. The van der Waals surface area contributed by atoms with Crippen molar-refractivity contribution in [3.8, 4) is 11.8 Å². The van der Waals surface area contributed by atoms with Gasteiger partial charge in [0.2, 0.25) is 11.9 Å². The van der Waals surface area contributed by atoms with Crippen LogP contribution < -0.4 is 9.64 Å². The number of pyridine rings is 1. The van der Waals surface area contributed by atoms with Crippen LogP contribution in [0.3, 0.4) is 0 Å². The zero-order chi connectivity index (χ0) is 31.7. The third-order valence-corrected chi connectivity index (χ3v) is 7.75. The largest absolute Gasteiger partial charge is 0.489 e. The molecule has 45 heavy (non-hydrogen) atoms. The lowest BCUT2D eigenvalue weighted by Crippen LogP contribution is -2.49. The number of hydrogen-bond acceptors (Lipinski definition) is 10. The van der Waals surface area contributed by atoms with Crippen LogP contribution in [0.25, 0.3) is 0 Å². The summed E-state index contributed by atoms with van der Waals surface area (Å²) >= 11 is 0. The molecule has 1 aromatic carbocycles. The second-order valence-electron chi connectivity index (χ2n) is 10.4. The molecule has 1 fully saturated rings. The summed E-state index contributed by atoms with van der Waals surface area (Å²) in [5.41, 5.74) is 1.07. The van der Waals surface area contributed by atoms with Crippen molar-refractivity contribution in [2.75, 3.05) is 37.7 Å². The number of carbonyl (C=O) groups is 2. The summed E-state index contributed by atoms with van der Waals surface area (Å²) in [7, 11) is 0. The minimum Gasteiger partial charge on any atom is -0.489 e. The van der Waals surface area contributed by atoms with Gasteiger partial charge in [0.05, 0.1) is 47.7 Å². The number of alkyl halides is 3. The van der Waals surface area contributed by atoms with Crippen molar-refractivity contribution < 1.29 is 31.9 Å². The van der Waals surface area contributed by atoms with Crippen molar-refractivity contribution in [2.45, 2.75) is 18.8 Å². The fourth-order valence-corrected chi connectivity index (χ4v) is 5.52. The molecule has 2 atom stereocenters. The number of anilines is 1. The van der Waals surface area contributed by atoms with E-state index < -0.39 is 35.9 Å². The SMILES string of the molecule is N#Cc1cnc(N2CCN(C(=O)c3cc(OCC4c5ccccc5CN4C4=CN=NC(=O)C4C(F)(F)F)cnc3F)CC2)nc1. The Hall–Kier alpha value is -5.46. The van der Waals surface area contributed by atoms with Crippen LogP contribution in [0.4, 0.5) is 23.5 Å². The number of rotatable bonds is 6. The van der Waals surface area contributed by atoms with E-state index in [9.17, 15) is 27.2 Å². The van der Waals surface area contributed by atoms with Crippen LogP contribution in [-0.4, -0.2) is 75.5 Å². The molecular weight excluding hydrogens is 598 g/mol. The number of benzene rings is 1. The van der Waals surface area contributed by atoms with Crippen LogP contribution in [0, 0.1) is 23.2 Å². The highest BCUT2D eigenvalue weighted by atomic mass is 19.4. The highest BCUT2D eigenvalue weighted by Crippen LogP contribution is 2.44. The fourth-order valence-electron chi connectivity index (χ4n) is 5.52. The molecule has 0 aliphatic carbocycles. The smallest absolute Gasteiger partial charge is 0.406 e. The number of piperazine rings is 1. The normalized spacial score (nSPS) is 19.7. The Morgan fingerprint density at radius 3 is 2.51 bits per heavy atom. The Bertz CT molecular complexity index is 1730. The first-order valence-corrected chi connectivity index (χ1v) is 13.7. The lowest BCUT2D eigenvalue weighted by Gasteiger charge is -2.34. The summed E-state index contributed by atoms with van der Waals surface area (Å²) in [6, 6.07) is 9.40. The number of fused-ring (bicyclic) bond motifs is 1. The number of amides is 2. The van der Waals surface area contributed by atoms with Gasteiger partial charge in [0.1, 0.15) is 18.4 Å². The predicted molar refractivity (Wildman–Crippen MR) is 147 cm³/mol. The number of nitrogens with zero attached hydrogens (tertiary/aromatic N) is 9. The van der Waals surface area contributed by atoms with E-state index in [0.29, 0.717) is 30.2 Å². The van der Waals surface area contributed by atoms with Crippen molar-refractivity contribution in [2.24, 2.45) is 16.1 Å². The Morgan fingerprint density at radius 2 is 1.80 bits per heavy atom. The summed E-state index contributed by atoms with van der Waals surface area (Å²) in [5.74, 6) is -5.05. The topological polar surface area (TPSA) is 140 Å². The molecule has 12 nitrogen and oxygen atoms in total. The maximum absolute atomic E-state index is 14.8. The molecule has 0 N–H and O–H groups in total. The standard InChI is InChI=1S/C29H23F4N9O3/c30-25-21(27(44)40-5-7-41(8-6-40)28-36-11-17(10-34)12-37-28)9-19(13-35-25)45-16-23-20-4-2-1-3-18(20)15-42(23)22-14-38-39-26(43)24(22)29(31,32)33/h1-4,9,11-14,23-24H,5-8,15-16H2. The number of hydrogen-bond donors (Lipinski definition) is 0. The molecule has 3 aliphatic heterocycles. The van der Waals surface area contributed by atoms with E-state index in [4.69, 9.17) is 10.00 Å². The van der Waals surface area contributed by atoms with E-state index in [-0.39, 0.29) is 43.3 Å². The third-order valence-electron chi connectivity index (χ3n) is 7.75. The van der Waals surface area contributed by atoms with Gasteiger partial charge in [0, 0.05) is 32.7 Å². The summed E-state index contributed by atoms with van der Waals surface area (Å²) < 4.78 is 62.5. The molecule has 16 heteroatoms. The van der Waals surface area contributed by atoms with E-state index >= 15 is 0 Å². The Labute approximate surface area is 253 Å². The summed E-state index contributed by atoms with van der Waals surface area (Å²) in [6.07, 6.45) is -0.0584. The minimum absolute atomic E-state index is 0.0365. The van der Waals surface area contributed by atoms with Gasteiger partial charge in [-0.25, -0.2) is 15.0 Å². The molecule has 0 radical (unpaired) electrons. The maximum atomic E-state index is 14.8. The Morgan fingerprint density at radius 1 is 1.07 bits per heavy atom. The van der Waals surface area contributed by atoms with Crippen molar-refractivity contribution >= 4 is 17.8 Å². The van der Waals surface area contributed by atoms with Gasteiger partial charge in [-0.15, -0.1) is 5.11 Å². The first-order valence-electron chi connectivity index (χ1n) is 13.7. The van der Waals surface area contributed by atoms with Gasteiger partial charge in [0.15, 0.2) is 5.92 Å². The number of ether oxygens (including phenoxy) is 1. The van der Waals surface area contributed by atoms with Gasteiger partial charge in [-0.1, -0.05) is 24.3 Å². The number of aromatic nitrogens is 3. The van der Waals surface area contributed by atoms with E-state index in [1.165, 1.54) is 28.3 Å². The van der Waals surface area contributed by atoms with Crippen LogP contribution in [0.2, 0.25) is 0 Å². The Balaban J connectivity index is 1.17. The van der Waals surface area contributed by atoms with E-state index in [1.54, 1.807) is 24.3 Å². The molecule has 0 saturated carbocycles.